The maximum Gasteiger partial charge on any atom is 0.145 e. The van der Waals surface area contributed by atoms with Crippen LogP contribution in [0.2, 0.25) is 0 Å². The van der Waals surface area contributed by atoms with E-state index in [0.717, 1.165) is 29.0 Å². The molecule has 1 aromatic carbocycles. The Balaban J connectivity index is 1.97. The highest BCUT2D eigenvalue weighted by Gasteiger charge is 2.26. The zero-order chi connectivity index (χ0) is 11.7. The summed E-state index contributed by atoms with van der Waals surface area (Å²) in [6, 6.07) is 11.7. The van der Waals surface area contributed by atoms with Crippen molar-refractivity contribution in [3.63, 3.8) is 0 Å². The van der Waals surface area contributed by atoms with Crippen molar-refractivity contribution < 1.29 is 4.74 Å². The number of ether oxygens (including phenoxy) is 1. The molecule has 1 aliphatic rings. The second-order valence-electron chi connectivity index (χ2n) is 3.99. The Hall–Kier alpha value is -2.27. The van der Waals surface area contributed by atoms with Crippen LogP contribution in [0.5, 0.6) is 5.75 Å². The highest BCUT2D eigenvalue weighted by molar-refractivity contribution is 5.50. The fraction of sp³-hybridized carbons (Fsp3) is 0.133. The van der Waals surface area contributed by atoms with Crippen LogP contribution >= 0.6 is 0 Å². The summed E-state index contributed by atoms with van der Waals surface area (Å²) in [5.41, 5.74) is 2.98. The minimum absolute atomic E-state index is 0.0132. The van der Waals surface area contributed by atoms with E-state index in [9.17, 15) is 0 Å². The van der Waals surface area contributed by atoms with Crippen LogP contribution in [0.15, 0.2) is 42.6 Å². The van der Waals surface area contributed by atoms with Crippen molar-refractivity contribution in [2.75, 3.05) is 0 Å². The quantitative estimate of drug-likeness (QED) is 0.691. The van der Waals surface area contributed by atoms with E-state index in [1.807, 2.05) is 36.4 Å². The smallest absolute Gasteiger partial charge is 0.145 e. The van der Waals surface area contributed by atoms with Crippen molar-refractivity contribution in [2.45, 2.75) is 12.5 Å². The fourth-order valence-corrected chi connectivity index (χ4v) is 2.13. The molecule has 1 aliphatic heterocycles. The first kappa shape index (κ1) is 9.92. The van der Waals surface area contributed by atoms with Gasteiger partial charge in [-0.15, -0.1) is 6.42 Å². The minimum atomic E-state index is -0.0132. The maximum absolute atomic E-state index is 5.88. The molecule has 2 heteroatoms. The van der Waals surface area contributed by atoms with Gasteiger partial charge in [0.05, 0.1) is 5.69 Å². The molecule has 2 heterocycles. The van der Waals surface area contributed by atoms with Gasteiger partial charge in [-0.05, 0) is 24.3 Å². The van der Waals surface area contributed by atoms with Crippen LogP contribution in [0.3, 0.4) is 0 Å². The minimum Gasteiger partial charge on any atom is -0.483 e. The van der Waals surface area contributed by atoms with E-state index in [1.165, 1.54) is 0 Å². The summed E-state index contributed by atoms with van der Waals surface area (Å²) < 4.78 is 5.88. The van der Waals surface area contributed by atoms with Crippen molar-refractivity contribution in [2.24, 2.45) is 0 Å². The van der Waals surface area contributed by atoms with Gasteiger partial charge in [0.2, 0.25) is 0 Å². The molecule has 0 spiro atoms. The van der Waals surface area contributed by atoms with Crippen LogP contribution in [0.25, 0.3) is 0 Å². The van der Waals surface area contributed by atoms with Crippen molar-refractivity contribution in [3.05, 3.63) is 59.4 Å². The predicted octanol–water partition coefficient (Wildman–Crippen LogP) is 2.74. The third kappa shape index (κ3) is 1.66. The lowest BCUT2D eigenvalue weighted by Crippen LogP contribution is -2.04. The molecule has 0 amide bonds. The van der Waals surface area contributed by atoms with Crippen LogP contribution in [-0.4, -0.2) is 4.98 Å². The van der Waals surface area contributed by atoms with Crippen LogP contribution in [-0.2, 0) is 6.42 Å². The van der Waals surface area contributed by atoms with Crippen molar-refractivity contribution >= 4 is 0 Å². The molecule has 0 N–H and O–H groups in total. The molecule has 82 valence electrons. The van der Waals surface area contributed by atoms with Crippen LogP contribution in [0.4, 0.5) is 0 Å². The molecule has 0 saturated carbocycles. The predicted molar refractivity (Wildman–Crippen MR) is 65.7 cm³/mol. The van der Waals surface area contributed by atoms with Gasteiger partial charge in [-0.2, -0.15) is 0 Å². The van der Waals surface area contributed by atoms with Crippen LogP contribution < -0.4 is 4.74 Å². The molecule has 0 aliphatic carbocycles. The fourth-order valence-electron chi connectivity index (χ4n) is 2.13. The number of hydrogen-bond acceptors (Lipinski definition) is 2. The highest BCUT2D eigenvalue weighted by atomic mass is 16.5. The average Bonchev–Trinajstić information content (AvgIpc) is 2.83. The zero-order valence-electron chi connectivity index (χ0n) is 9.26. The molecule has 0 fully saturated rings. The van der Waals surface area contributed by atoms with Gasteiger partial charge in [0, 0.05) is 23.7 Å². The van der Waals surface area contributed by atoms with Crippen molar-refractivity contribution in [3.8, 4) is 18.1 Å². The number of rotatable bonds is 1. The molecule has 17 heavy (non-hydrogen) atoms. The number of fused-ring (bicyclic) bond motifs is 1. The first-order valence-corrected chi connectivity index (χ1v) is 5.54. The average molecular weight is 221 g/mol. The standard InChI is InChI=1S/C15H11NO/c1-2-11-6-5-8-14-12(11)10-15(17-14)13-7-3-4-9-16-13/h1,3-9,15H,10H2. The molecular weight excluding hydrogens is 210 g/mol. The van der Waals surface area contributed by atoms with E-state index in [-0.39, 0.29) is 6.10 Å². The summed E-state index contributed by atoms with van der Waals surface area (Å²) in [5, 5.41) is 0. The summed E-state index contributed by atoms with van der Waals surface area (Å²) in [6.45, 7) is 0. The van der Waals surface area contributed by atoms with Gasteiger partial charge in [-0.25, -0.2) is 0 Å². The van der Waals surface area contributed by atoms with Crippen LogP contribution in [0, 0.1) is 12.3 Å². The SMILES string of the molecule is C#Cc1cccc2c1CC(c1ccccn1)O2. The molecule has 0 radical (unpaired) electrons. The van der Waals surface area contributed by atoms with Gasteiger partial charge in [-0.1, -0.05) is 18.1 Å². The number of aromatic nitrogens is 1. The first-order valence-electron chi connectivity index (χ1n) is 5.54. The summed E-state index contributed by atoms with van der Waals surface area (Å²) in [4.78, 5) is 4.32. The van der Waals surface area contributed by atoms with Gasteiger partial charge in [0.15, 0.2) is 0 Å². The normalized spacial score (nSPS) is 17.0. The number of benzene rings is 1. The van der Waals surface area contributed by atoms with Crippen molar-refractivity contribution in [1.29, 1.82) is 0 Å². The Bertz CT molecular complexity index is 584. The third-order valence-electron chi connectivity index (χ3n) is 2.96. The molecule has 1 unspecified atom stereocenters. The lowest BCUT2D eigenvalue weighted by Gasteiger charge is -2.08. The molecule has 3 rings (SSSR count). The first-order chi connectivity index (χ1) is 8.38. The van der Waals surface area contributed by atoms with E-state index in [2.05, 4.69) is 10.9 Å². The van der Waals surface area contributed by atoms with E-state index in [1.54, 1.807) is 6.20 Å². The summed E-state index contributed by atoms with van der Waals surface area (Å²) in [6.07, 6.45) is 8.05. The Morgan fingerprint density at radius 2 is 2.18 bits per heavy atom. The Labute approximate surface area is 100 Å². The monoisotopic (exact) mass is 221 g/mol. The Morgan fingerprint density at radius 3 is 2.94 bits per heavy atom. The molecule has 2 nitrogen and oxygen atoms in total. The lowest BCUT2D eigenvalue weighted by atomic mass is 10.0. The molecule has 0 saturated heterocycles. The Morgan fingerprint density at radius 1 is 1.24 bits per heavy atom. The van der Waals surface area contributed by atoms with E-state index < -0.39 is 0 Å². The molecule has 0 bridgehead atoms. The molecular formula is C15H11NO. The molecule has 1 aromatic heterocycles. The van der Waals surface area contributed by atoms with Gasteiger partial charge in [-0.3, -0.25) is 4.98 Å². The summed E-state index contributed by atoms with van der Waals surface area (Å²) in [5.74, 6) is 3.58. The topological polar surface area (TPSA) is 22.1 Å². The van der Waals surface area contributed by atoms with Gasteiger partial charge in [0.1, 0.15) is 11.9 Å². The van der Waals surface area contributed by atoms with Gasteiger partial charge < -0.3 is 4.74 Å². The van der Waals surface area contributed by atoms with E-state index in [4.69, 9.17) is 11.2 Å². The molecule has 2 aromatic rings. The highest BCUT2D eigenvalue weighted by Crippen LogP contribution is 2.37. The largest absolute Gasteiger partial charge is 0.483 e. The maximum atomic E-state index is 5.88. The van der Waals surface area contributed by atoms with Gasteiger partial charge in [0.25, 0.3) is 0 Å². The van der Waals surface area contributed by atoms with Crippen molar-refractivity contribution in [1.82, 2.24) is 4.98 Å². The second kappa shape index (κ2) is 3.95. The summed E-state index contributed by atoms with van der Waals surface area (Å²) >= 11 is 0. The second-order valence-corrected chi connectivity index (χ2v) is 3.99. The van der Waals surface area contributed by atoms with Crippen LogP contribution in [0.1, 0.15) is 22.9 Å². The third-order valence-corrected chi connectivity index (χ3v) is 2.96. The number of hydrogen-bond donors (Lipinski definition) is 0. The van der Waals surface area contributed by atoms with Gasteiger partial charge >= 0.3 is 0 Å². The van der Waals surface area contributed by atoms with E-state index >= 15 is 0 Å². The number of pyridine rings is 1. The molecule has 1 atom stereocenters. The lowest BCUT2D eigenvalue weighted by molar-refractivity contribution is 0.233. The number of terminal acetylenes is 1. The zero-order valence-corrected chi connectivity index (χ0v) is 9.26. The summed E-state index contributed by atoms with van der Waals surface area (Å²) in [7, 11) is 0. The Kier molecular flexibility index (Phi) is 2.31. The number of nitrogens with zero attached hydrogens (tertiary/aromatic N) is 1. The van der Waals surface area contributed by atoms with E-state index in [0.29, 0.717) is 0 Å².